The van der Waals surface area contributed by atoms with Crippen LogP contribution in [0.15, 0.2) is 30.3 Å². The maximum absolute atomic E-state index is 13.2. The smallest absolute Gasteiger partial charge is 0.254 e. The Labute approximate surface area is 200 Å². The first-order chi connectivity index (χ1) is 16.7. The molecule has 4 rings (SSSR count). The van der Waals surface area contributed by atoms with Crippen LogP contribution in [0.4, 0.5) is 0 Å². The molecule has 3 heterocycles. The van der Waals surface area contributed by atoms with Crippen molar-refractivity contribution in [1.82, 2.24) is 4.90 Å². The minimum absolute atomic E-state index is 0.0785. The topological polar surface area (TPSA) is 94.2 Å². The monoisotopic (exact) mass is 481 g/mol. The van der Waals surface area contributed by atoms with Crippen molar-refractivity contribution < 1.29 is 42.7 Å². The minimum atomic E-state index is -1.08. The van der Waals surface area contributed by atoms with Gasteiger partial charge in [0.05, 0.1) is 79.2 Å². The van der Waals surface area contributed by atoms with E-state index in [0.717, 1.165) is 0 Å². The van der Waals surface area contributed by atoms with Crippen LogP contribution in [0.5, 0.6) is 0 Å². The van der Waals surface area contributed by atoms with Gasteiger partial charge in [-0.25, -0.2) is 0 Å². The highest BCUT2D eigenvalue weighted by Gasteiger charge is 2.47. The molecule has 0 N–H and O–H groups in total. The Morgan fingerprint density at radius 1 is 0.706 bits per heavy atom. The molecule has 1 aromatic carbocycles. The fourth-order valence-electron chi connectivity index (χ4n) is 4.14. The summed E-state index contributed by atoms with van der Waals surface area (Å²) in [6.07, 6.45) is -0.684. The summed E-state index contributed by atoms with van der Waals surface area (Å²) in [7, 11) is 0. The molecule has 1 aromatic rings. The van der Waals surface area contributed by atoms with Crippen LogP contribution in [-0.2, 0) is 37.9 Å². The fourth-order valence-corrected chi connectivity index (χ4v) is 4.14. The van der Waals surface area contributed by atoms with Crippen LogP contribution in [-0.4, -0.2) is 121 Å². The highest BCUT2D eigenvalue weighted by atomic mass is 16.8. The molecular weight excluding hydrogens is 446 g/mol. The third-order valence-electron chi connectivity index (χ3n) is 5.65. The van der Waals surface area contributed by atoms with Gasteiger partial charge in [-0.3, -0.25) is 4.79 Å². The van der Waals surface area contributed by atoms with Crippen molar-refractivity contribution in [3.05, 3.63) is 35.9 Å². The molecule has 34 heavy (non-hydrogen) atoms. The summed E-state index contributed by atoms with van der Waals surface area (Å²) in [5.41, 5.74) is 0.618. The fraction of sp³-hybridized carbons (Fsp3) is 0.708. The van der Waals surface area contributed by atoms with Crippen LogP contribution in [0.1, 0.15) is 10.4 Å². The normalized spacial score (nSPS) is 30.9. The first-order valence-electron chi connectivity index (χ1n) is 11.9. The van der Waals surface area contributed by atoms with Crippen LogP contribution in [0.25, 0.3) is 0 Å². The van der Waals surface area contributed by atoms with Crippen molar-refractivity contribution in [2.75, 3.05) is 92.4 Å². The van der Waals surface area contributed by atoms with Gasteiger partial charge < -0.3 is 42.8 Å². The standard InChI is InChI=1S/C24H35NO9/c26-23(20-4-2-1-3-5-20)25-14-21-15-30-12-10-28-8-6-27-7-9-29-11-13-31-16-22-17-32-19-24(18-25,33-21)34-22/h1-5,21-22H,6-19H2/t21-,22-,24+/m1/s1. The molecule has 0 aliphatic carbocycles. The molecule has 3 saturated heterocycles. The number of carbonyl (C=O) groups excluding carboxylic acids is 1. The number of hydrogen-bond donors (Lipinski definition) is 0. The van der Waals surface area contributed by atoms with Crippen LogP contribution in [0.2, 0.25) is 0 Å². The summed E-state index contributed by atoms with van der Waals surface area (Å²) in [5.74, 6) is -1.15. The van der Waals surface area contributed by atoms with E-state index in [1.165, 1.54) is 0 Å². The molecule has 190 valence electrons. The lowest BCUT2D eigenvalue weighted by Crippen LogP contribution is -2.64. The van der Waals surface area contributed by atoms with E-state index in [1.54, 1.807) is 4.90 Å². The maximum atomic E-state index is 13.2. The number of benzene rings is 1. The zero-order valence-corrected chi connectivity index (χ0v) is 19.6. The molecule has 0 unspecified atom stereocenters. The Hall–Kier alpha value is -1.63. The molecule has 0 radical (unpaired) electrons. The van der Waals surface area contributed by atoms with E-state index in [1.807, 2.05) is 30.3 Å². The predicted molar refractivity (Wildman–Crippen MR) is 120 cm³/mol. The molecule has 10 nitrogen and oxygen atoms in total. The van der Waals surface area contributed by atoms with Gasteiger partial charge in [0, 0.05) is 12.1 Å². The first kappa shape index (κ1) is 25.5. The lowest BCUT2D eigenvalue weighted by Gasteiger charge is -2.48. The van der Waals surface area contributed by atoms with Gasteiger partial charge in [-0.05, 0) is 12.1 Å². The Morgan fingerprint density at radius 2 is 1.24 bits per heavy atom. The Bertz CT molecular complexity index is 732. The second kappa shape index (κ2) is 13.5. The second-order valence-corrected chi connectivity index (χ2v) is 8.44. The summed E-state index contributed by atoms with van der Waals surface area (Å²) in [4.78, 5) is 15.0. The summed E-state index contributed by atoms with van der Waals surface area (Å²) >= 11 is 0. The second-order valence-electron chi connectivity index (χ2n) is 8.44. The van der Waals surface area contributed by atoms with Crippen molar-refractivity contribution in [1.29, 1.82) is 0 Å². The van der Waals surface area contributed by atoms with Gasteiger partial charge in [-0.2, -0.15) is 0 Å². The van der Waals surface area contributed by atoms with Gasteiger partial charge >= 0.3 is 0 Å². The molecule has 3 aliphatic rings. The van der Waals surface area contributed by atoms with Gasteiger partial charge in [-0.15, -0.1) is 0 Å². The van der Waals surface area contributed by atoms with E-state index in [2.05, 4.69) is 0 Å². The van der Waals surface area contributed by atoms with E-state index < -0.39 is 5.79 Å². The molecule has 3 fully saturated rings. The summed E-state index contributed by atoms with van der Waals surface area (Å²) in [6, 6.07) is 9.21. The molecule has 0 saturated carbocycles. The number of hydrogen-bond acceptors (Lipinski definition) is 9. The average molecular weight is 482 g/mol. The predicted octanol–water partition coefficient (Wildman–Crippen LogP) is 0.736. The number of fused-ring (bicyclic) bond motifs is 2. The maximum Gasteiger partial charge on any atom is 0.254 e. The van der Waals surface area contributed by atoms with E-state index in [-0.39, 0.29) is 31.3 Å². The third-order valence-corrected chi connectivity index (χ3v) is 5.65. The quantitative estimate of drug-likeness (QED) is 0.576. The molecule has 0 aromatic heterocycles. The van der Waals surface area contributed by atoms with Crippen LogP contribution in [0.3, 0.4) is 0 Å². The van der Waals surface area contributed by atoms with Gasteiger partial charge in [0.25, 0.3) is 5.91 Å². The van der Waals surface area contributed by atoms with Crippen molar-refractivity contribution in [2.24, 2.45) is 0 Å². The van der Waals surface area contributed by atoms with Crippen molar-refractivity contribution in [2.45, 2.75) is 18.0 Å². The number of rotatable bonds is 1. The number of carbonyl (C=O) groups is 1. The van der Waals surface area contributed by atoms with E-state index in [4.69, 9.17) is 37.9 Å². The first-order valence-corrected chi connectivity index (χ1v) is 11.9. The van der Waals surface area contributed by atoms with Crippen LogP contribution in [0, 0.1) is 0 Å². The Kier molecular flexibility index (Phi) is 10.1. The van der Waals surface area contributed by atoms with Crippen LogP contribution < -0.4 is 0 Å². The number of morpholine rings is 1. The van der Waals surface area contributed by atoms with Gasteiger partial charge in [0.1, 0.15) is 18.8 Å². The highest BCUT2D eigenvalue weighted by Crippen LogP contribution is 2.30. The van der Waals surface area contributed by atoms with Crippen molar-refractivity contribution >= 4 is 5.91 Å². The third kappa shape index (κ3) is 7.69. The molecule has 3 atom stereocenters. The van der Waals surface area contributed by atoms with Gasteiger partial charge in [0.2, 0.25) is 5.79 Å². The molecule has 1 amide bonds. The van der Waals surface area contributed by atoms with Gasteiger partial charge in [-0.1, -0.05) is 18.2 Å². The highest BCUT2D eigenvalue weighted by molar-refractivity contribution is 5.94. The lowest BCUT2D eigenvalue weighted by atomic mass is 10.1. The number of ether oxygens (including phenoxy) is 8. The lowest BCUT2D eigenvalue weighted by molar-refractivity contribution is -0.355. The van der Waals surface area contributed by atoms with E-state index >= 15 is 0 Å². The molecular formula is C24H35NO9. The summed E-state index contributed by atoms with van der Waals surface area (Å²) in [5, 5.41) is 0. The Balaban J connectivity index is 1.42. The zero-order chi connectivity index (χ0) is 23.5. The van der Waals surface area contributed by atoms with Crippen molar-refractivity contribution in [3.8, 4) is 0 Å². The SMILES string of the molecule is O=C(c1ccccc1)N1C[C@@H]2COCCOCCOCCOCCOC[C@@H]3COC[C@](C1)(O3)O2. The van der Waals surface area contributed by atoms with Crippen molar-refractivity contribution in [3.63, 3.8) is 0 Å². The summed E-state index contributed by atoms with van der Waals surface area (Å²) in [6.45, 7) is 5.70. The molecule has 3 aliphatic heterocycles. The minimum Gasteiger partial charge on any atom is -0.377 e. The van der Waals surface area contributed by atoms with E-state index in [9.17, 15) is 4.79 Å². The zero-order valence-electron chi connectivity index (χ0n) is 19.6. The molecule has 3 bridgehead atoms. The molecule has 10 heteroatoms. The van der Waals surface area contributed by atoms with Crippen LogP contribution >= 0.6 is 0 Å². The van der Waals surface area contributed by atoms with Gasteiger partial charge in [0.15, 0.2) is 0 Å². The Morgan fingerprint density at radius 3 is 1.88 bits per heavy atom. The number of nitrogens with zero attached hydrogens (tertiary/aromatic N) is 1. The molecule has 1 spiro atoms. The number of amides is 1. The summed E-state index contributed by atoms with van der Waals surface area (Å²) < 4.78 is 46.6. The average Bonchev–Trinajstić information content (AvgIpc) is 2.86. The largest absolute Gasteiger partial charge is 0.377 e. The van der Waals surface area contributed by atoms with E-state index in [0.29, 0.717) is 84.8 Å².